The van der Waals surface area contributed by atoms with Gasteiger partial charge in [-0.1, -0.05) is 11.6 Å². The number of carbonyl (C=O) groups excluding carboxylic acids is 1. The Kier molecular flexibility index (Phi) is 4.41. The van der Waals surface area contributed by atoms with E-state index in [1.165, 1.54) is 0 Å². The summed E-state index contributed by atoms with van der Waals surface area (Å²) >= 11 is 5.98. The number of fused-ring (bicyclic) bond motifs is 1. The van der Waals surface area contributed by atoms with E-state index in [4.69, 9.17) is 11.6 Å². The Morgan fingerprint density at radius 1 is 1.11 bits per heavy atom. The average molecular weight is 380 g/mol. The van der Waals surface area contributed by atoms with Crippen LogP contribution in [0.2, 0.25) is 5.02 Å². The maximum absolute atomic E-state index is 12.4. The molecule has 1 N–H and O–H groups in total. The molecule has 0 saturated heterocycles. The number of rotatable bonds is 4. The van der Waals surface area contributed by atoms with Gasteiger partial charge in [-0.25, -0.2) is 9.67 Å². The van der Waals surface area contributed by atoms with Gasteiger partial charge < -0.3 is 9.72 Å². The van der Waals surface area contributed by atoms with Crippen molar-refractivity contribution >= 4 is 23.2 Å². The highest BCUT2D eigenvalue weighted by Gasteiger charge is 2.09. The van der Waals surface area contributed by atoms with E-state index in [0.29, 0.717) is 17.1 Å². The van der Waals surface area contributed by atoms with Crippen molar-refractivity contribution in [3.8, 4) is 5.69 Å². The lowest BCUT2D eigenvalue weighted by Crippen LogP contribution is -2.22. The molecule has 136 valence electrons. The van der Waals surface area contributed by atoms with Crippen LogP contribution in [-0.4, -0.2) is 25.1 Å². The minimum atomic E-state index is -0.148. The minimum absolute atomic E-state index is 0.148. The second-order valence-corrected chi connectivity index (χ2v) is 6.85. The number of carbonyl (C=O) groups is 1. The standard InChI is InChI=1S/C20H18ClN5O/c1-13-9-14(2)26(24-13)18-6-3-15(4-7-18)20(27)22-10-17-12-25-11-16(21)5-8-19(25)23-17/h3-9,11-12H,10H2,1-2H3,(H,22,27). The Morgan fingerprint density at radius 2 is 1.89 bits per heavy atom. The van der Waals surface area contributed by atoms with Crippen molar-refractivity contribution in [2.24, 2.45) is 0 Å². The van der Waals surface area contributed by atoms with Crippen LogP contribution in [0.4, 0.5) is 0 Å². The quantitative estimate of drug-likeness (QED) is 0.587. The van der Waals surface area contributed by atoms with Gasteiger partial charge in [-0.3, -0.25) is 4.79 Å². The summed E-state index contributed by atoms with van der Waals surface area (Å²) in [5.41, 5.74) is 5.09. The van der Waals surface area contributed by atoms with E-state index in [2.05, 4.69) is 15.4 Å². The van der Waals surface area contributed by atoms with Crippen molar-refractivity contribution in [2.75, 3.05) is 0 Å². The van der Waals surface area contributed by atoms with Gasteiger partial charge >= 0.3 is 0 Å². The molecule has 27 heavy (non-hydrogen) atoms. The van der Waals surface area contributed by atoms with Gasteiger partial charge in [0, 0.05) is 23.7 Å². The number of halogens is 1. The number of aryl methyl sites for hydroxylation is 2. The van der Waals surface area contributed by atoms with E-state index in [9.17, 15) is 4.79 Å². The van der Waals surface area contributed by atoms with Crippen molar-refractivity contribution in [3.05, 3.63) is 82.5 Å². The predicted molar refractivity (Wildman–Crippen MR) is 104 cm³/mol. The maximum atomic E-state index is 12.4. The van der Waals surface area contributed by atoms with Crippen molar-refractivity contribution in [1.82, 2.24) is 24.5 Å². The number of nitrogens with one attached hydrogen (secondary N) is 1. The van der Waals surface area contributed by atoms with Gasteiger partial charge in [-0.05, 0) is 56.3 Å². The Hall–Kier alpha value is -3.12. The molecule has 3 heterocycles. The number of nitrogens with zero attached hydrogens (tertiary/aromatic N) is 4. The highest BCUT2D eigenvalue weighted by Crippen LogP contribution is 2.14. The molecule has 6 nitrogen and oxygen atoms in total. The molecule has 0 radical (unpaired) electrons. The molecule has 0 bridgehead atoms. The molecule has 4 rings (SSSR count). The molecule has 0 unspecified atom stereocenters. The zero-order chi connectivity index (χ0) is 19.0. The van der Waals surface area contributed by atoms with E-state index in [-0.39, 0.29) is 5.91 Å². The number of benzene rings is 1. The van der Waals surface area contributed by atoms with E-state index in [1.807, 2.05) is 53.4 Å². The molecular formula is C20H18ClN5O. The Morgan fingerprint density at radius 3 is 2.59 bits per heavy atom. The fraction of sp³-hybridized carbons (Fsp3) is 0.150. The highest BCUT2D eigenvalue weighted by molar-refractivity contribution is 6.30. The summed E-state index contributed by atoms with van der Waals surface area (Å²) in [5.74, 6) is -0.148. The summed E-state index contributed by atoms with van der Waals surface area (Å²) in [7, 11) is 0. The zero-order valence-corrected chi connectivity index (χ0v) is 15.7. The molecule has 0 aliphatic carbocycles. The van der Waals surface area contributed by atoms with Crippen molar-refractivity contribution < 1.29 is 4.79 Å². The average Bonchev–Trinajstić information content (AvgIpc) is 3.21. The molecule has 0 aliphatic rings. The Balaban J connectivity index is 1.45. The van der Waals surface area contributed by atoms with Gasteiger partial charge in [-0.15, -0.1) is 0 Å². The molecule has 0 saturated carbocycles. The van der Waals surface area contributed by atoms with Gasteiger partial charge in [0.1, 0.15) is 5.65 Å². The lowest BCUT2D eigenvalue weighted by Gasteiger charge is -2.07. The maximum Gasteiger partial charge on any atom is 0.251 e. The summed E-state index contributed by atoms with van der Waals surface area (Å²) in [4.78, 5) is 16.9. The summed E-state index contributed by atoms with van der Waals surface area (Å²) in [6.45, 7) is 4.30. The molecule has 3 aromatic heterocycles. The van der Waals surface area contributed by atoms with Crippen LogP contribution >= 0.6 is 11.6 Å². The summed E-state index contributed by atoms with van der Waals surface area (Å²) in [5, 5.41) is 7.99. The van der Waals surface area contributed by atoms with Gasteiger partial charge in [0.15, 0.2) is 0 Å². The molecule has 7 heteroatoms. The normalized spacial score (nSPS) is 11.1. The first kappa shape index (κ1) is 17.3. The van der Waals surface area contributed by atoms with Crippen LogP contribution in [0.15, 0.2) is 54.9 Å². The van der Waals surface area contributed by atoms with Crippen molar-refractivity contribution in [3.63, 3.8) is 0 Å². The van der Waals surface area contributed by atoms with E-state index < -0.39 is 0 Å². The van der Waals surface area contributed by atoms with Crippen LogP contribution in [-0.2, 0) is 6.54 Å². The number of pyridine rings is 1. The lowest BCUT2D eigenvalue weighted by molar-refractivity contribution is 0.0950. The second kappa shape index (κ2) is 6.89. The Bertz CT molecular complexity index is 1130. The van der Waals surface area contributed by atoms with Gasteiger partial charge in [0.05, 0.1) is 28.6 Å². The summed E-state index contributed by atoms with van der Waals surface area (Å²) < 4.78 is 3.70. The third kappa shape index (κ3) is 3.57. The fourth-order valence-electron chi connectivity index (χ4n) is 3.02. The van der Waals surface area contributed by atoms with Crippen LogP contribution < -0.4 is 5.32 Å². The zero-order valence-electron chi connectivity index (χ0n) is 15.0. The topological polar surface area (TPSA) is 64.2 Å². The van der Waals surface area contributed by atoms with E-state index in [0.717, 1.165) is 28.4 Å². The molecule has 1 amide bonds. The fourth-order valence-corrected chi connectivity index (χ4v) is 3.19. The third-order valence-electron chi connectivity index (χ3n) is 4.28. The molecule has 0 atom stereocenters. The predicted octanol–water partition coefficient (Wildman–Crippen LogP) is 3.72. The Labute approximate surface area is 161 Å². The highest BCUT2D eigenvalue weighted by atomic mass is 35.5. The molecule has 0 spiro atoms. The number of hydrogen-bond acceptors (Lipinski definition) is 3. The van der Waals surface area contributed by atoms with Crippen LogP contribution in [0, 0.1) is 13.8 Å². The molecule has 1 aromatic carbocycles. The largest absolute Gasteiger partial charge is 0.346 e. The van der Waals surface area contributed by atoms with E-state index >= 15 is 0 Å². The van der Waals surface area contributed by atoms with Crippen LogP contribution in [0.5, 0.6) is 0 Å². The first-order chi connectivity index (χ1) is 13.0. The minimum Gasteiger partial charge on any atom is -0.346 e. The summed E-state index contributed by atoms with van der Waals surface area (Å²) in [6.07, 6.45) is 3.64. The van der Waals surface area contributed by atoms with Crippen molar-refractivity contribution in [1.29, 1.82) is 0 Å². The van der Waals surface area contributed by atoms with Crippen LogP contribution in [0.3, 0.4) is 0 Å². The monoisotopic (exact) mass is 379 g/mol. The van der Waals surface area contributed by atoms with E-state index in [1.54, 1.807) is 24.4 Å². The summed E-state index contributed by atoms with van der Waals surface area (Å²) in [6, 6.07) is 13.0. The molecule has 0 fully saturated rings. The van der Waals surface area contributed by atoms with Crippen molar-refractivity contribution in [2.45, 2.75) is 20.4 Å². The first-order valence-electron chi connectivity index (χ1n) is 8.55. The van der Waals surface area contributed by atoms with Crippen LogP contribution in [0.25, 0.3) is 11.3 Å². The molecular weight excluding hydrogens is 362 g/mol. The SMILES string of the molecule is Cc1cc(C)n(-c2ccc(C(=O)NCc3cn4cc(Cl)ccc4n3)cc2)n1. The number of hydrogen-bond donors (Lipinski definition) is 1. The second-order valence-electron chi connectivity index (χ2n) is 6.41. The smallest absolute Gasteiger partial charge is 0.251 e. The first-order valence-corrected chi connectivity index (χ1v) is 8.92. The van der Waals surface area contributed by atoms with Crippen LogP contribution in [0.1, 0.15) is 27.4 Å². The number of amides is 1. The molecule has 4 aromatic rings. The third-order valence-corrected chi connectivity index (χ3v) is 4.50. The number of aromatic nitrogens is 4. The molecule has 0 aliphatic heterocycles. The number of imidazole rings is 1. The van der Waals surface area contributed by atoms with Gasteiger partial charge in [-0.2, -0.15) is 5.10 Å². The van der Waals surface area contributed by atoms with Gasteiger partial charge in [0.25, 0.3) is 5.91 Å². The van der Waals surface area contributed by atoms with Gasteiger partial charge in [0.2, 0.25) is 0 Å². The lowest BCUT2D eigenvalue weighted by atomic mass is 10.2.